The second-order valence-corrected chi connectivity index (χ2v) is 4.12. The zero-order chi connectivity index (χ0) is 15.6. The normalized spacial score (nSPS) is 16.0. The molecule has 3 heteroatoms. The number of amides is 1. The summed E-state index contributed by atoms with van der Waals surface area (Å²) < 4.78 is 29.9. The van der Waals surface area contributed by atoms with Gasteiger partial charge in [0.2, 0.25) is 0 Å². The molecule has 0 atom stereocenters. The molecule has 0 aliphatic carbocycles. The minimum absolute atomic E-state index is 0.0696. The molecule has 0 saturated carbocycles. The summed E-state index contributed by atoms with van der Waals surface area (Å²) in [6.07, 6.45) is -2.37. The first kappa shape index (κ1) is 7.85. The zero-order valence-corrected chi connectivity index (χ0v) is 9.47. The van der Waals surface area contributed by atoms with E-state index in [4.69, 9.17) is 5.48 Å². The van der Waals surface area contributed by atoms with E-state index in [1.807, 2.05) is 0 Å². The summed E-state index contributed by atoms with van der Waals surface area (Å²) in [5.74, 6) is -0.851. The molecule has 0 spiro atoms. The SMILES string of the molecule is [2H]C([2H])C([2H])([2H])C(C)(C)C(=O)N(O)Cc1ccccc1. The maximum absolute atomic E-state index is 12.2. The first-order valence-corrected chi connectivity index (χ1v) is 5.00. The molecule has 0 aliphatic rings. The molecule has 1 aromatic carbocycles. The fraction of sp³-hybridized carbons (Fsp3) is 0.462. The van der Waals surface area contributed by atoms with Gasteiger partial charge in [0, 0.05) is 10.9 Å². The zero-order valence-electron chi connectivity index (χ0n) is 13.5. The highest BCUT2D eigenvalue weighted by atomic mass is 16.5. The first-order valence-electron chi connectivity index (χ1n) is 7.15. The van der Waals surface area contributed by atoms with Gasteiger partial charge < -0.3 is 0 Å². The highest BCUT2D eigenvalue weighted by molar-refractivity contribution is 5.80. The van der Waals surface area contributed by atoms with Gasteiger partial charge >= 0.3 is 0 Å². The quantitative estimate of drug-likeness (QED) is 0.632. The summed E-state index contributed by atoms with van der Waals surface area (Å²) in [6.45, 7) is 0.686. The van der Waals surface area contributed by atoms with E-state index >= 15 is 0 Å². The number of carbonyl (C=O) groups excluding carboxylic acids is 1. The molecule has 1 N–H and O–H groups in total. The minimum atomic E-state index is -2.37. The Kier molecular flexibility index (Phi) is 2.51. The fourth-order valence-corrected chi connectivity index (χ4v) is 1.21. The molecule has 0 heterocycles. The van der Waals surface area contributed by atoms with Gasteiger partial charge in [0.1, 0.15) is 0 Å². The van der Waals surface area contributed by atoms with Crippen molar-refractivity contribution in [1.29, 1.82) is 0 Å². The van der Waals surface area contributed by atoms with E-state index in [1.165, 1.54) is 13.8 Å². The van der Waals surface area contributed by atoms with Crippen LogP contribution in [0.1, 0.15) is 38.1 Å². The van der Waals surface area contributed by atoms with Crippen LogP contribution in [0.5, 0.6) is 0 Å². The third-order valence-corrected chi connectivity index (χ3v) is 2.31. The molecule has 1 amide bonds. The lowest BCUT2D eigenvalue weighted by atomic mass is 9.89. The maximum atomic E-state index is 12.2. The average molecular weight is 225 g/mol. The molecule has 0 aromatic heterocycles. The van der Waals surface area contributed by atoms with Gasteiger partial charge in [-0.1, -0.05) is 51.1 Å². The van der Waals surface area contributed by atoms with Crippen LogP contribution in [0.4, 0.5) is 0 Å². The molecule has 1 aromatic rings. The van der Waals surface area contributed by atoms with Crippen LogP contribution >= 0.6 is 0 Å². The van der Waals surface area contributed by atoms with Crippen LogP contribution in [0, 0.1) is 5.41 Å². The van der Waals surface area contributed by atoms with Crippen LogP contribution in [0.25, 0.3) is 0 Å². The standard InChI is InChI=1S/C13H19NO2/c1-4-13(2,3)12(15)14(16)10-11-8-6-5-7-9-11/h5-9,16H,4,10H2,1-3H3/i1D2,4D2. The van der Waals surface area contributed by atoms with Gasteiger partial charge in [0.15, 0.2) is 0 Å². The number of hydrogen-bond acceptors (Lipinski definition) is 2. The van der Waals surface area contributed by atoms with Gasteiger partial charge in [-0.15, -0.1) is 0 Å². The van der Waals surface area contributed by atoms with Gasteiger partial charge in [-0.25, -0.2) is 5.06 Å². The van der Waals surface area contributed by atoms with E-state index in [1.54, 1.807) is 30.3 Å². The summed E-state index contributed by atoms with van der Waals surface area (Å²) in [5, 5.41) is 10.3. The average Bonchev–Trinajstić information content (AvgIpc) is 2.38. The minimum Gasteiger partial charge on any atom is -0.286 e. The molecule has 0 bridgehead atoms. The molecule has 0 saturated heterocycles. The topological polar surface area (TPSA) is 40.5 Å². The molecular formula is C13H19NO2. The van der Waals surface area contributed by atoms with Crippen LogP contribution < -0.4 is 0 Å². The smallest absolute Gasteiger partial charge is 0.251 e. The second kappa shape index (κ2) is 5.12. The lowest BCUT2D eigenvalue weighted by Crippen LogP contribution is -2.38. The summed E-state index contributed by atoms with van der Waals surface area (Å²) in [4.78, 5) is 12.2. The van der Waals surface area contributed by atoms with E-state index < -0.39 is 24.6 Å². The predicted molar refractivity (Wildman–Crippen MR) is 62.9 cm³/mol. The summed E-state index contributed by atoms with van der Waals surface area (Å²) in [7, 11) is 0. The Morgan fingerprint density at radius 2 is 2.12 bits per heavy atom. The molecule has 0 aliphatic heterocycles. The van der Waals surface area contributed by atoms with Gasteiger partial charge in [-0.05, 0) is 11.9 Å². The Bertz CT molecular complexity index is 463. The van der Waals surface area contributed by atoms with Gasteiger partial charge in [-0.3, -0.25) is 10.0 Å². The molecular weight excluding hydrogens is 202 g/mol. The molecule has 0 unspecified atom stereocenters. The maximum Gasteiger partial charge on any atom is 0.251 e. The Morgan fingerprint density at radius 1 is 1.50 bits per heavy atom. The summed E-state index contributed by atoms with van der Waals surface area (Å²) in [5.41, 5.74) is -0.974. The monoisotopic (exact) mass is 225 g/mol. The van der Waals surface area contributed by atoms with E-state index in [0.29, 0.717) is 10.6 Å². The van der Waals surface area contributed by atoms with Crippen molar-refractivity contribution in [1.82, 2.24) is 5.06 Å². The van der Waals surface area contributed by atoms with Crippen LogP contribution in [-0.4, -0.2) is 16.2 Å². The molecule has 3 nitrogen and oxygen atoms in total. The van der Waals surface area contributed by atoms with Crippen molar-refractivity contribution in [2.24, 2.45) is 5.41 Å². The number of nitrogens with zero attached hydrogens (tertiary/aromatic N) is 1. The second-order valence-electron chi connectivity index (χ2n) is 4.12. The molecule has 88 valence electrons. The Morgan fingerprint density at radius 3 is 2.69 bits per heavy atom. The van der Waals surface area contributed by atoms with E-state index in [2.05, 4.69) is 0 Å². The van der Waals surface area contributed by atoms with Crippen molar-refractivity contribution in [3.8, 4) is 0 Å². The lowest BCUT2D eigenvalue weighted by molar-refractivity contribution is -0.178. The first-order chi connectivity index (χ1) is 9.10. The molecule has 0 radical (unpaired) electrons. The van der Waals surface area contributed by atoms with Crippen molar-refractivity contribution < 1.29 is 15.5 Å². The molecule has 1 rings (SSSR count). The van der Waals surface area contributed by atoms with Gasteiger partial charge in [0.25, 0.3) is 5.91 Å². The van der Waals surface area contributed by atoms with Crippen molar-refractivity contribution in [3.63, 3.8) is 0 Å². The van der Waals surface area contributed by atoms with E-state index in [-0.39, 0.29) is 6.54 Å². The number of benzene rings is 1. The summed E-state index contributed by atoms with van der Waals surface area (Å²) in [6, 6.07) is 8.80. The molecule has 16 heavy (non-hydrogen) atoms. The molecule has 0 fully saturated rings. The Labute approximate surface area is 102 Å². The fourth-order valence-electron chi connectivity index (χ4n) is 1.21. The van der Waals surface area contributed by atoms with Crippen LogP contribution in [-0.2, 0) is 11.3 Å². The number of rotatable bonds is 4. The van der Waals surface area contributed by atoms with E-state index in [9.17, 15) is 10.0 Å². The Balaban J connectivity index is 2.88. The highest BCUT2D eigenvalue weighted by Gasteiger charge is 2.29. The van der Waals surface area contributed by atoms with Crippen molar-refractivity contribution >= 4 is 5.91 Å². The van der Waals surface area contributed by atoms with Crippen LogP contribution in [0.15, 0.2) is 30.3 Å². The van der Waals surface area contributed by atoms with E-state index in [0.717, 1.165) is 0 Å². The van der Waals surface area contributed by atoms with Gasteiger partial charge in [0.05, 0.1) is 6.54 Å². The predicted octanol–water partition coefficient (Wildman–Crippen LogP) is 2.84. The number of carbonyl (C=O) groups is 1. The van der Waals surface area contributed by atoms with Crippen LogP contribution in [0.2, 0.25) is 0 Å². The van der Waals surface area contributed by atoms with Crippen molar-refractivity contribution in [3.05, 3.63) is 35.9 Å². The third kappa shape index (κ3) is 3.07. The lowest BCUT2D eigenvalue weighted by Gasteiger charge is -2.26. The van der Waals surface area contributed by atoms with Crippen molar-refractivity contribution in [2.75, 3.05) is 0 Å². The highest BCUT2D eigenvalue weighted by Crippen LogP contribution is 2.23. The summed E-state index contributed by atoms with van der Waals surface area (Å²) >= 11 is 0. The number of hydroxylamine groups is 2. The third-order valence-electron chi connectivity index (χ3n) is 2.31. The van der Waals surface area contributed by atoms with Crippen molar-refractivity contribution in [2.45, 2.75) is 33.6 Å². The number of hydrogen-bond donors (Lipinski definition) is 1. The Hall–Kier alpha value is -1.35. The van der Waals surface area contributed by atoms with Gasteiger partial charge in [-0.2, -0.15) is 0 Å². The largest absolute Gasteiger partial charge is 0.286 e. The van der Waals surface area contributed by atoms with Crippen LogP contribution in [0.3, 0.4) is 0 Å².